The van der Waals surface area contributed by atoms with Crippen molar-refractivity contribution in [3.63, 3.8) is 0 Å². The lowest BCUT2D eigenvalue weighted by Crippen LogP contribution is -2.31. The van der Waals surface area contributed by atoms with Gasteiger partial charge in [-0.3, -0.25) is 14.3 Å². The number of halogens is 1. The van der Waals surface area contributed by atoms with Gasteiger partial charge in [0.25, 0.3) is 5.56 Å². The number of rotatable bonds is 7. The van der Waals surface area contributed by atoms with Gasteiger partial charge in [0, 0.05) is 19.8 Å². The predicted molar refractivity (Wildman–Crippen MR) is 114 cm³/mol. The highest BCUT2D eigenvalue weighted by Crippen LogP contribution is 2.22. The minimum absolute atomic E-state index is 0.0345. The van der Waals surface area contributed by atoms with Gasteiger partial charge in [-0.2, -0.15) is 0 Å². The number of ether oxygens (including phenoxy) is 1. The first kappa shape index (κ1) is 22.8. The molecule has 0 spiro atoms. The molecule has 0 aliphatic carbocycles. The van der Waals surface area contributed by atoms with Crippen LogP contribution in [0.15, 0.2) is 32.7 Å². The number of nitrogens with zero attached hydrogens (tertiary/aromatic N) is 3. The van der Waals surface area contributed by atoms with Crippen LogP contribution in [-0.4, -0.2) is 39.7 Å². The minimum Gasteiger partial charge on any atom is -0.454 e. The fourth-order valence-electron chi connectivity index (χ4n) is 3.04. The normalized spacial score (nSPS) is 11.7. The first-order valence-corrected chi connectivity index (χ1v) is 11.7. The van der Waals surface area contributed by atoms with E-state index in [1.165, 1.54) is 21.3 Å². The summed E-state index contributed by atoms with van der Waals surface area (Å²) >= 11 is 6.03. The summed E-state index contributed by atoms with van der Waals surface area (Å²) < 4.78 is 31.6. The van der Waals surface area contributed by atoms with Crippen LogP contribution >= 0.6 is 11.6 Å². The fourth-order valence-corrected chi connectivity index (χ4v) is 3.89. The summed E-state index contributed by atoms with van der Waals surface area (Å²) in [7, 11) is -1.97. The molecule has 0 fully saturated rings. The number of aryl methyl sites for hydroxylation is 2. The SMILES string of the molecule is CCCCn1c(=O)[nH]c(=O)c2c1nc(COC(=O)c1cc(S(C)(=O)=O)ccc1Cl)n2C. The number of sulfone groups is 1. The van der Waals surface area contributed by atoms with Crippen LogP contribution in [0, 0.1) is 0 Å². The molecule has 2 heterocycles. The van der Waals surface area contributed by atoms with Gasteiger partial charge in [0.1, 0.15) is 12.4 Å². The third kappa shape index (κ3) is 4.57. The van der Waals surface area contributed by atoms with Crippen molar-refractivity contribution < 1.29 is 17.9 Å². The number of unbranched alkanes of at least 4 members (excludes halogenated alkanes) is 1. The second-order valence-electron chi connectivity index (χ2n) is 7.01. The molecule has 1 aromatic carbocycles. The van der Waals surface area contributed by atoms with E-state index in [2.05, 4.69) is 9.97 Å². The van der Waals surface area contributed by atoms with E-state index in [0.717, 1.165) is 25.2 Å². The van der Waals surface area contributed by atoms with Crippen molar-refractivity contribution in [1.82, 2.24) is 19.1 Å². The van der Waals surface area contributed by atoms with Gasteiger partial charge in [0.05, 0.1) is 15.5 Å². The summed E-state index contributed by atoms with van der Waals surface area (Å²) in [6.45, 7) is 2.04. The Hall–Kier alpha value is -2.92. The van der Waals surface area contributed by atoms with Crippen molar-refractivity contribution in [3.8, 4) is 0 Å². The molecule has 166 valence electrons. The molecule has 0 aliphatic heterocycles. The number of aromatic amines is 1. The Morgan fingerprint density at radius 2 is 2.00 bits per heavy atom. The van der Waals surface area contributed by atoms with E-state index in [9.17, 15) is 22.8 Å². The summed E-state index contributed by atoms with van der Waals surface area (Å²) in [5.41, 5.74) is -0.881. The topological polar surface area (TPSA) is 133 Å². The van der Waals surface area contributed by atoms with Crippen LogP contribution in [0.2, 0.25) is 5.02 Å². The minimum atomic E-state index is -3.54. The van der Waals surface area contributed by atoms with Gasteiger partial charge >= 0.3 is 11.7 Å². The van der Waals surface area contributed by atoms with Gasteiger partial charge in [0.2, 0.25) is 0 Å². The largest absolute Gasteiger partial charge is 0.454 e. The van der Waals surface area contributed by atoms with Crippen LogP contribution in [0.25, 0.3) is 11.2 Å². The maximum atomic E-state index is 12.5. The average Bonchev–Trinajstić information content (AvgIpc) is 3.02. The third-order valence-corrected chi connectivity index (χ3v) is 6.20. The van der Waals surface area contributed by atoms with Gasteiger partial charge in [-0.25, -0.2) is 23.0 Å². The Labute approximate surface area is 182 Å². The predicted octanol–water partition coefficient (Wildman–Crippen LogP) is 1.64. The zero-order valence-corrected chi connectivity index (χ0v) is 18.7. The molecule has 0 atom stereocenters. The van der Waals surface area contributed by atoms with Gasteiger partial charge < -0.3 is 9.30 Å². The zero-order chi connectivity index (χ0) is 22.9. The van der Waals surface area contributed by atoms with E-state index in [1.54, 1.807) is 7.05 Å². The fraction of sp³-hybridized carbons (Fsp3) is 0.368. The number of fused-ring (bicyclic) bond motifs is 1. The second-order valence-corrected chi connectivity index (χ2v) is 9.44. The van der Waals surface area contributed by atoms with Gasteiger partial charge in [-0.15, -0.1) is 0 Å². The van der Waals surface area contributed by atoms with E-state index < -0.39 is 27.1 Å². The monoisotopic (exact) mass is 468 g/mol. The Morgan fingerprint density at radius 3 is 2.65 bits per heavy atom. The molecule has 0 radical (unpaired) electrons. The molecule has 3 aromatic rings. The molecule has 0 amide bonds. The average molecular weight is 469 g/mol. The van der Waals surface area contributed by atoms with E-state index in [-0.39, 0.29) is 39.1 Å². The summed E-state index contributed by atoms with van der Waals surface area (Å²) in [6.07, 6.45) is 2.58. The number of benzene rings is 1. The van der Waals surface area contributed by atoms with Crippen molar-refractivity contribution in [1.29, 1.82) is 0 Å². The number of esters is 1. The van der Waals surface area contributed by atoms with Crippen LogP contribution in [0.1, 0.15) is 35.9 Å². The molecule has 0 saturated heterocycles. The molecule has 10 nitrogen and oxygen atoms in total. The number of hydrogen-bond acceptors (Lipinski definition) is 7. The maximum Gasteiger partial charge on any atom is 0.340 e. The lowest BCUT2D eigenvalue weighted by atomic mass is 10.2. The zero-order valence-electron chi connectivity index (χ0n) is 17.1. The Balaban J connectivity index is 1.94. The molecule has 3 rings (SSSR count). The van der Waals surface area contributed by atoms with E-state index in [1.807, 2.05) is 6.92 Å². The molecule has 0 saturated carbocycles. The van der Waals surface area contributed by atoms with Crippen molar-refractivity contribution in [2.24, 2.45) is 7.05 Å². The van der Waals surface area contributed by atoms with Crippen LogP contribution < -0.4 is 11.2 Å². The van der Waals surface area contributed by atoms with Crippen molar-refractivity contribution in [3.05, 3.63) is 55.4 Å². The molecule has 2 aromatic heterocycles. The highest BCUT2D eigenvalue weighted by Gasteiger charge is 2.20. The first-order valence-electron chi connectivity index (χ1n) is 9.39. The number of carbonyl (C=O) groups is 1. The summed E-state index contributed by atoms with van der Waals surface area (Å²) in [6, 6.07) is 3.74. The third-order valence-electron chi connectivity index (χ3n) is 4.76. The van der Waals surface area contributed by atoms with Crippen LogP contribution in [0.3, 0.4) is 0 Å². The number of nitrogens with one attached hydrogen (secondary N) is 1. The van der Waals surface area contributed by atoms with Crippen molar-refractivity contribution in [2.75, 3.05) is 6.26 Å². The van der Waals surface area contributed by atoms with Crippen LogP contribution in [0.4, 0.5) is 0 Å². The summed E-state index contributed by atoms with van der Waals surface area (Å²) in [5, 5.41) is 0.0345. The smallest absolute Gasteiger partial charge is 0.340 e. The lowest BCUT2D eigenvalue weighted by molar-refractivity contribution is 0.0459. The van der Waals surface area contributed by atoms with E-state index in [0.29, 0.717) is 6.54 Å². The number of aromatic nitrogens is 4. The van der Waals surface area contributed by atoms with Crippen molar-refractivity contribution >= 4 is 38.6 Å². The number of H-pyrrole nitrogens is 1. The Kier molecular flexibility index (Phi) is 6.37. The molecular weight excluding hydrogens is 448 g/mol. The summed E-state index contributed by atoms with van der Waals surface area (Å²) in [5.74, 6) is -0.611. The Morgan fingerprint density at radius 1 is 1.29 bits per heavy atom. The molecule has 0 aliphatic rings. The van der Waals surface area contributed by atoms with Crippen LogP contribution in [0.5, 0.6) is 0 Å². The number of imidazole rings is 1. The van der Waals surface area contributed by atoms with Gasteiger partial charge in [-0.05, 0) is 24.6 Å². The molecule has 0 bridgehead atoms. The molecule has 12 heteroatoms. The highest BCUT2D eigenvalue weighted by atomic mass is 35.5. The number of carbonyl (C=O) groups excluding carboxylic acids is 1. The molecule has 0 unspecified atom stereocenters. The molecular formula is C19H21ClN4O6S. The number of hydrogen-bond donors (Lipinski definition) is 1. The first-order chi connectivity index (χ1) is 14.5. The van der Waals surface area contributed by atoms with E-state index >= 15 is 0 Å². The summed E-state index contributed by atoms with van der Waals surface area (Å²) in [4.78, 5) is 43.5. The molecule has 31 heavy (non-hydrogen) atoms. The quantitative estimate of drug-likeness (QED) is 0.521. The highest BCUT2D eigenvalue weighted by molar-refractivity contribution is 7.90. The van der Waals surface area contributed by atoms with Crippen molar-refractivity contribution in [2.45, 2.75) is 37.8 Å². The second kappa shape index (κ2) is 8.67. The van der Waals surface area contributed by atoms with E-state index in [4.69, 9.17) is 16.3 Å². The Bertz CT molecular complexity index is 1390. The lowest BCUT2D eigenvalue weighted by Gasteiger charge is -2.08. The van der Waals surface area contributed by atoms with Crippen LogP contribution in [-0.2, 0) is 34.8 Å². The standard InChI is InChI=1S/C19H21ClN4O6S/c1-4-5-8-24-16-15(17(25)22-19(24)27)23(2)14(21-16)10-30-18(26)12-9-11(31(3,28)29)6-7-13(12)20/h6-7,9H,4-5,8,10H2,1-3H3,(H,22,25,27). The maximum absolute atomic E-state index is 12.5. The van der Waals surface area contributed by atoms with Gasteiger partial charge in [-0.1, -0.05) is 24.9 Å². The van der Waals surface area contributed by atoms with Gasteiger partial charge in [0.15, 0.2) is 21.0 Å². The molecule has 1 N–H and O–H groups in total.